The van der Waals surface area contributed by atoms with Gasteiger partial charge in [0.1, 0.15) is 0 Å². The van der Waals surface area contributed by atoms with Crippen LogP contribution in [0.2, 0.25) is 0 Å². The van der Waals surface area contributed by atoms with Crippen LogP contribution in [0.4, 0.5) is 0 Å². The van der Waals surface area contributed by atoms with E-state index >= 15 is 0 Å². The summed E-state index contributed by atoms with van der Waals surface area (Å²) in [6.45, 7) is 9.47. The van der Waals surface area contributed by atoms with E-state index in [4.69, 9.17) is 0 Å². The van der Waals surface area contributed by atoms with E-state index in [2.05, 4.69) is 13.8 Å². The first-order chi connectivity index (χ1) is 13.7. The number of sulfonamides is 1. The van der Waals surface area contributed by atoms with Gasteiger partial charge >= 0.3 is 0 Å². The summed E-state index contributed by atoms with van der Waals surface area (Å²) in [7, 11) is -3.55. The van der Waals surface area contributed by atoms with Crippen molar-refractivity contribution in [1.29, 1.82) is 0 Å². The summed E-state index contributed by atoms with van der Waals surface area (Å²) >= 11 is 1.67. The van der Waals surface area contributed by atoms with E-state index < -0.39 is 10.0 Å². The summed E-state index contributed by atoms with van der Waals surface area (Å²) in [5.41, 5.74) is 2.72. The van der Waals surface area contributed by atoms with E-state index in [1.807, 2.05) is 44.2 Å². The van der Waals surface area contributed by atoms with Crippen molar-refractivity contribution in [3.63, 3.8) is 0 Å². The van der Waals surface area contributed by atoms with Gasteiger partial charge in [-0.3, -0.25) is 4.79 Å². The number of aryl methyl sites for hydroxylation is 2. The maximum Gasteiger partial charge on any atom is 0.255 e. The smallest absolute Gasteiger partial charge is 0.255 e. The Morgan fingerprint density at radius 2 is 1.62 bits per heavy atom. The summed E-state index contributed by atoms with van der Waals surface area (Å²) in [5, 5.41) is 0.379. The van der Waals surface area contributed by atoms with Crippen molar-refractivity contribution in [2.45, 2.75) is 42.7 Å². The minimum atomic E-state index is -3.55. The van der Waals surface area contributed by atoms with Gasteiger partial charge < -0.3 is 4.90 Å². The van der Waals surface area contributed by atoms with Crippen LogP contribution in [0, 0.1) is 13.8 Å². The van der Waals surface area contributed by atoms with Crippen molar-refractivity contribution in [1.82, 2.24) is 9.21 Å². The zero-order valence-corrected chi connectivity index (χ0v) is 19.0. The van der Waals surface area contributed by atoms with E-state index in [0.29, 0.717) is 41.9 Å². The Morgan fingerprint density at radius 1 is 0.966 bits per heavy atom. The van der Waals surface area contributed by atoms with Crippen LogP contribution in [-0.2, 0) is 10.0 Å². The van der Waals surface area contributed by atoms with Crippen molar-refractivity contribution in [3.05, 3.63) is 59.2 Å². The second kappa shape index (κ2) is 8.90. The predicted octanol–water partition coefficient (Wildman–Crippen LogP) is 3.95. The van der Waals surface area contributed by atoms with Crippen molar-refractivity contribution in [2.75, 3.05) is 26.2 Å². The monoisotopic (exact) mass is 432 g/mol. The lowest BCUT2D eigenvalue weighted by molar-refractivity contribution is 0.0694. The Hall–Kier alpha value is -1.83. The Balaban J connectivity index is 1.72. The third kappa shape index (κ3) is 4.85. The lowest BCUT2D eigenvalue weighted by atomic mass is 10.1. The molecule has 1 aliphatic rings. The average molecular weight is 433 g/mol. The fourth-order valence-corrected chi connectivity index (χ4v) is 5.78. The average Bonchev–Trinajstić information content (AvgIpc) is 2.69. The van der Waals surface area contributed by atoms with Crippen LogP contribution in [-0.4, -0.2) is 55.0 Å². The number of nitrogens with zero attached hydrogens (tertiary/aromatic N) is 2. The van der Waals surface area contributed by atoms with Gasteiger partial charge in [0.05, 0.1) is 10.5 Å². The normalized spacial score (nSPS) is 15.7. The molecule has 0 atom stereocenters. The summed E-state index contributed by atoms with van der Waals surface area (Å²) in [6, 6.07) is 12.9. The van der Waals surface area contributed by atoms with E-state index in [1.165, 1.54) is 4.31 Å². The Bertz CT molecular complexity index is 995. The molecule has 3 rings (SSSR count). The maximum absolute atomic E-state index is 13.1. The highest BCUT2D eigenvalue weighted by molar-refractivity contribution is 8.00. The van der Waals surface area contributed by atoms with Gasteiger partial charge in [-0.25, -0.2) is 8.42 Å². The molecule has 7 heteroatoms. The first kappa shape index (κ1) is 21.9. The molecule has 2 aromatic rings. The molecule has 1 aliphatic heterocycles. The number of thioether (sulfide) groups is 1. The second-order valence-corrected chi connectivity index (χ2v) is 11.2. The molecule has 0 aromatic heterocycles. The number of piperazine rings is 1. The van der Waals surface area contributed by atoms with Crippen LogP contribution in [0.1, 0.15) is 35.3 Å². The Morgan fingerprint density at radius 3 is 2.24 bits per heavy atom. The van der Waals surface area contributed by atoms with Crippen molar-refractivity contribution < 1.29 is 13.2 Å². The highest BCUT2D eigenvalue weighted by atomic mass is 32.2. The molecule has 1 amide bonds. The molecular formula is C22H28N2O3S2. The molecular weight excluding hydrogens is 404 g/mol. The second-order valence-electron chi connectivity index (χ2n) is 7.61. The van der Waals surface area contributed by atoms with Crippen LogP contribution >= 0.6 is 11.8 Å². The molecule has 0 N–H and O–H groups in total. The Labute approximate surface area is 178 Å². The van der Waals surface area contributed by atoms with Crippen molar-refractivity contribution >= 4 is 27.7 Å². The molecule has 0 bridgehead atoms. The molecule has 5 nitrogen and oxygen atoms in total. The fourth-order valence-electron chi connectivity index (χ4n) is 3.33. The molecule has 1 heterocycles. The number of rotatable bonds is 5. The molecule has 0 aliphatic carbocycles. The zero-order chi connectivity index (χ0) is 21.2. The lowest BCUT2D eigenvalue weighted by Crippen LogP contribution is -2.50. The van der Waals surface area contributed by atoms with E-state index in [0.717, 1.165) is 16.0 Å². The lowest BCUT2D eigenvalue weighted by Gasteiger charge is -2.34. The minimum absolute atomic E-state index is 0.0306. The van der Waals surface area contributed by atoms with Crippen LogP contribution in [0.25, 0.3) is 0 Å². The molecule has 0 saturated carbocycles. The summed E-state index contributed by atoms with van der Waals surface area (Å²) in [5.74, 6) is -0.0306. The number of carbonyl (C=O) groups is 1. The number of benzene rings is 2. The van der Waals surface area contributed by atoms with Crippen LogP contribution in [0.5, 0.6) is 0 Å². The third-order valence-corrected chi connectivity index (χ3v) is 8.10. The van der Waals surface area contributed by atoms with Gasteiger partial charge in [0.15, 0.2) is 0 Å². The molecule has 1 fully saturated rings. The van der Waals surface area contributed by atoms with Crippen molar-refractivity contribution in [2.24, 2.45) is 0 Å². The van der Waals surface area contributed by atoms with Gasteiger partial charge in [0.25, 0.3) is 5.91 Å². The SMILES string of the molecule is Cc1ccc(S(=O)(=O)N2CCN(C(=O)c3ccccc3SC(C)C)CC2)cc1C. The molecule has 29 heavy (non-hydrogen) atoms. The zero-order valence-electron chi connectivity index (χ0n) is 17.4. The number of hydrogen-bond acceptors (Lipinski definition) is 4. The van der Waals surface area contributed by atoms with Gasteiger partial charge in [0, 0.05) is 36.3 Å². The largest absolute Gasteiger partial charge is 0.336 e. The quantitative estimate of drug-likeness (QED) is 0.672. The fraction of sp³-hybridized carbons (Fsp3) is 0.409. The topological polar surface area (TPSA) is 57.7 Å². The standard InChI is InChI=1S/C22H28N2O3S2/c1-16(2)28-21-8-6-5-7-20(21)22(25)23-11-13-24(14-12-23)29(26,27)19-10-9-17(3)18(4)15-19/h5-10,15-16H,11-14H2,1-4H3. The first-order valence-corrected chi connectivity index (χ1v) is 12.1. The molecule has 2 aromatic carbocycles. The summed E-state index contributed by atoms with van der Waals surface area (Å²) in [6.07, 6.45) is 0. The van der Waals surface area contributed by atoms with E-state index in [-0.39, 0.29) is 5.91 Å². The van der Waals surface area contributed by atoms with Crippen LogP contribution < -0.4 is 0 Å². The molecule has 0 unspecified atom stereocenters. The number of carbonyl (C=O) groups excluding carboxylic acids is 1. The van der Waals surface area contributed by atoms with Gasteiger partial charge in [-0.15, -0.1) is 11.8 Å². The van der Waals surface area contributed by atoms with E-state index in [1.54, 1.807) is 28.8 Å². The number of hydrogen-bond donors (Lipinski definition) is 0. The predicted molar refractivity (Wildman–Crippen MR) is 118 cm³/mol. The third-order valence-electron chi connectivity index (χ3n) is 5.12. The van der Waals surface area contributed by atoms with Crippen LogP contribution in [0.3, 0.4) is 0 Å². The van der Waals surface area contributed by atoms with E-state index in [9.17, 15) is 13.2 Å². The highest BCUT2D eigenvalue weighted by Crippen LogP contribution is 2.28. The first-order valence-electron chi connectivity index (χ1n) is 9.82. The highest BCUT2D eigenvalue weighted by Gasteiger charge is 2.31. The molecule has 0 radical (unpaired) electrons. The van der Waals surface area contributed by atoms with Gasteiger partial charge in [-0.1, -0.05) is 32.0 Å². The minimum Gasteiger partial charge on any atom is -0.336 e. The Kier molecular flexibility index (Phi) is 6.71. The van der Waals surface area contributed by atoms with Gasteiger partial charge in [-0.2, -0.15) is 4.31 Å². The van der Waals surface area contributed by atoms with Gasteiger partial charge in [0.2, 0.25) is 10.0 Å². The van der Waals surface area contributed by atoms with Crippen molar-refractivity contribution in [3.8, 4) is 0 Å². The number of amides is 1. The molecule has 156 valence electrons. The molecule has 0 spiro atoms. The summed E-state index contributed by atoms with van der Waals surface area (Å²) < 4.78 is 27.5. The summed E-state index contributed by atoms with van der Waals surface area (Å²) in [4.78, 5) is 16.1. The van der Waals surface area contributed by atoms with Gasteiger partial charge in [-0.05, 0) is 49.2 Å². The molecule has 1 saturated heterocycles. The maximum atomic E-state index is 13.1. The van der Waals surface area contributed by atoms with Crippen LogP contribution in [0.15, 0.2) is 52.3 Å².